The lowest BCUT2D eigenvalue weighted by atomic mass is 9.97. The Balaban J connectivity index is 2.57. The lowest BCUT2D eigenvalue weighted by Crippen LogP contribution is -2.26. The number of aromatic nitrogens is 1. The number of benzene rings is 1. The van der Waals surface area contributed by atoms with E-state index in [4.69, 9.17) is 4.74 Å². The van der Waals surface area contributed by atoms with Gasteiger partial charge in [0.2, 0.25) is 0 Å². The van der Waals surface area contributed by atoms with Crippen LogP contribution in [-0.2, 0) is 18.2 Å². The summed E-state index contributed by atoms with van der Waals surface area (Å²) in [5, 5.41) is 0. The molecule has 1 aromatic heterocycles. The molecule has 23 heavy (non-hydrogen) atoms. The number of hydrogen-bond donors (Lipinski definition) is 0. The Labute approximate surface area is 132 Å². The second-order valence-corrected chi connectivity index (χ2v) is 5.38. The number of Topliss-reactive ketones (excluding diaryl/α,β-unsaturated/α-hetero) is 1. The molecule has 0 saturated carbocycles. The molecule has 0 spiro atoms. The maximum absolute atomic E-state index is 14.4. The average molecular weight is 321 g/mol. The van der Waals surface area contributed by atoms with Gasteiger partial charge in [-0.1, -0.05) is 12.1 Å². The molecule has 0 aliphatic carbocycles. The first-order valence-electron chi connectivity index (χ1n) is 7.00. The zero-order valence-electron chi connectivity index (χ0n) is 13.2. The Hall–Kier alpha value is -2.34. The van der Waals surface area contributed by atoms with E-state index in [1.165, 1.54) is 32.5 Å². The van der Waals surface area contributed by atoms with E-state index in [-0.39, 0.29) is 29.7 Å². The molecule has 0 N–H and O–H groups in total. The third-order valence-corrected chi connectivity index (χ3v) is 3.57. The number of carbonyl (C=O) groups excluding carboxylic acids is 1. The number of methoxy groups -OCH3 is 1. The number of carbonyl (C=O) groups is 1. The van der Waals surface area contributed by atoms with Gasteiger partial charge < -0.3 is 9.30 Å². The Kier molecular flexibility index (Phi) is 5.05. The van der Waals surface area contributed by atoms with Crippen molar-refractivity contribution < 1.29 is 18.3 Å². The third kappa shape index (κ3) is 3.53. The molecule has 1 heterocycles. The molecule has 1 aromatic carbocycles. The summed E-state index contributed by atoms with van der Waals surface area (Å²) in [5.74, 6) is -2.02. The summed E-state index contributed by atoms with van der Waals surface area (Å²) in [7, 11) is 2.70. The largest absolute Gasteiger partial charge is 0.377 e. The molecule has 4 nitrogen and oxygen atoms in total. The van der Waals surface area contributed by atoms with Gasteiger partial charge in [-0.2, -0.15) is 0 Å². The molecule has 0 aliphatic heterocycles. The summed E-state index contributed by atoms with van der Waals surface area (Å²) in [6, 6.07) is 4.53. The third-order valence-electron chi connectivity index (χ3n) is 3.57. The van der Waals surface area contributed by atoms with E-state index in [2.05, 4.69) is 0 Å². The Bertz CT molecular complexity index is 812. The maximum Gasteiger partial charge on any atom is 0.286 e. The lowest BCUT2D eigenvalue weighted by molar-refractivity contribution is 0.0845. The van der Waals surface area contributed by atoms with E-state index in [1.807, 2.05) is 0 Å². The maximum atomic E-state index is 14.4. The van der Waals surface area contributed by atoms with Gasteiger partial charge in [0.1, 0.15) is 12.4 Å². The van der Waals surface area contributed by atoms with Crippen molar-refractivity contribution in [1.29, 1.82) is 0 Å². The highest BCUT2D eigenvalue weighted by Crippen LogP contribution is 2.19. The highest BCUT2D eigenvalue weighted by atomic mass is 19.1. The predicted molar refractivity (Wildman–Crippen MR) is 81.8 cm³/mol. The molecule has 0 unspecified atom stereocenters. The summed E-state index contributed by atoms with van der Waals surface area (Å²) in [5.41, 5.74) is -0.00795. The topological polar surface area (TPSA) is 48.3 Å². The SMILES string of the molecule is COCC(=O)c1cn(C)c(=O)c(F)c1Cc1ccc(C)cc1F. The molecule has 0 aliphatic rings. The van der Waals surface area contributed by atoms with Crippen LogP contribution in [0.4, 0.5) is 8.78 Å². The van der Waals surface area contributed by atoms with Crippen LogP contribution in [0.15, 0.2) is 29.2 Å². The first kappa shape index (κ1) is 17.0. The van der Waals surface area contributed by atoms with Crippen LogP contribution in [0.25, 0.3) is 0 Å². The summed E-state index contributed by atoms with van der Waals surface area (Å²) in [6.45, 7) is 1.49. The van der Waals surface area contributed by atoms with Crippen LogP contribution in [0.3, 0.4) is 0 Å². The molecular weight excluding hydrogens is 304 g/mol. The van der Waals surface area contributed by atoms with Crippen LogP contribution in [0.1, 0.15) is 27.0 Å². The van der Waals surface area contributed by atoms with Crippen LogP contribution in [0, 0.1) is 18.6 Å². The van der Waals surface area contributed by atoms with Gasteiger partial charge in [-0.3, -0.25) is 9.59 Å². The minimum atomic E-state index is -1.05. The van der Waals surface area contributed by atoms with Crippen molar-refractivity contribution in [2.24, 2.45) is 7.05 Å². The zero-order valence-corrected chi connectivity index (χ0v) is 13.2. The summed E-state index contributed by atoms with van der Waals surface area (Å²) in [6.07, 6.45) is 1.08. The number of nitrogens with zero attached hydrogens (tertiary/aromatic N) is 1. The minimum Gasteiger partial charge on any atom is -0.377 e. The molecular formula is C17H17F2NO3. The van der Waals surface area contributed by atoms with Crippen LogP contribution in [-0.4, -0.2) is 24.1 Å². The van der Waals surface area contributed by atoms with Gasteiger partial charge in [0.15, 0.2) is 11.6 Å². The van der Waals surface area contributed by atoms with Gasteiger partial charge >= 0.3 is 0 Å². The molecule has 0 bridgehead atoms. The highest BCUT2D eigenvalue weighted by Gasteiger charge is 2.20. The summed E-state index contributed by atoms with van der Waals surface area (Å²) < 4.78 is 34.2. The number of pyridine rings is 1. The summed E-state index contributed by atoms with van der Waals surface area (Å²) in [4.78, 5) is 23.9. The zero-order chi connectivity index (χ0) is 17.1. The molecule has 0 saturated heterocycles. The molecule has 122 valence electrons. The molecule has 2 aromatic rings. The smallest absolute Gasteiger partial charge is 0.286 e. The first-order chi connectivity index (χ1) is 10.8. The van der Waals surface area contributed by atoms with Crippen molar-refractivity contribution in [3.63, 3.8) is 0 Å². The number of rotatable bonds is 5. The number of hydrogen-bond acceptors (Lipinski definition) is 3. The van der Waals surface area contributed by atoms with Gasteiger partial charge in [-0.25, -0.2) is 8.78 Å². The Morgan fingerprint density at radius 1 is 1.30 bits per heavy atom. The first-order valence-corrected chi connectivity index (χ1v) is 7.00. The molecule has 2 rings (SSSR count). The Morgan fingerprint density at radius 2 is 2.00 bits per heavy atom. The van der Waals surface area contributed by atoms with Crippen molar-refractivity contribution in [2.45, 2.75) is 13.3 Å². The molecule has 6 heteroatoms. The molecule has 0 amide bonds. The number of aryl methyl sites for hydroxylation is 2. The van der Waals surface area contributed by atoms with E-state index in [0.717, 1.165) is 10.1 Å². The lowest BCUT2D eigenvalue weighted by Gasteiger charge is -2.12. The predicted octanol–water partition coefficient (Wildman–Crippen LogP) is 2.39. The van der Waals surface area contributed by atoms with Gasteiger partial charge in [-0.05, 0) is 24.1 Å². The average Bonchev–Trinajstić information content (AvgIpc) is 2.50. The van der Waals surface area contributed by atoms with Gasteiger partial charge in [0, 0.05) is 37.9 Å². The quantitative estimate of drug-likeness (QED) is 0.795. The van der Waals surface area contributed by atoms with Crippen LogP contribution in [0.5, 0.6) is 0 Å². The van der Waals surface area contributed by atoms with Crippen molar-refractivity contribution in [1.82, 2.24) is 4.57 Å². The number of ether oxygens (including phenoxy) is 1. The molecule has 0 radical (unpaired) electrons. The summed E-state index contributed by atoms with van der Waals surface area (Å²) >= 11 is 0. The fourth-order valence-electron chi connectivity index (χ4n) is 2.34. The van der Waals surface area contributed by atoms with E-state index < -0.39 is 23.0 Å². The van der Waals surface area contributed by atoms with Crippen molar-refractivity contribution in [2.75, 3.05) is 13.7 Å². The van der Waals surface area contributed by atoms with E-state index >= 15 is 0 Å². The van der Waals surface area contributed by atoms with Crippen molar-refractivity contribution >= 4 is 5.78 Å². The van der Waals surface area contributed by atoms with E-state index in [0.29, 0.717) is 0 Å². The standard InChI is InChI=1S/C17H17F2NO3/c1-10-4-5-11(14(18)6-10)7-12-13(15(21)9-23-3)8-20(2)17(22)16(12)19/h4-6,8H,7,9H2,1-3H3. The second kappa shape index (κ2) is 6.83. The fraction of sp³-hybridized carbons (Fsp3) is 0.294. The van der Waals surface area contributed by atoms with Crippen molar-refractivity contribution in [3.8, 4) is 0 Å². The minimum absolute atomic E-state index is 0.0198. The van der Waals surface area contributed by atoms with Crippen LogP contribution < -0.4 is 5.56 Å². The number of ketones is 1. The fourth-order valence-corrected chi connectivity index (χ4v) is 2.34. The normalized spacial score (nSPS) is 10.8. The van der Waals surface area contributed by atoms with Crippen LogP contribution in [0.2, 0.25) is 0 Å². The van der Waals surface area contributed by atoms with Crippen molar-refractivity contribution in [3.05, 3.63) is 68.6 Å². The number of halogens is 2. The van der Waals surface area contributed by atoms with E-state index in [1.54, 1.807) is 13.0 Å². The second-order valence-electron chi connectivity index (χ2n) is 5.38. The Morgan fingerprint density at radius 3 is 2.61 bits per heavy atom. The monoisotopic (exact) mass is 321 g/mol. The van der Waals surface area contributed by atoms with Gasteiger partial charge in [-0.15, -0.1) is 0 Å². The van der Waals surface area contributed by atoms with E-state index in [9.17, 15) is 18.4 Å². The van der Waals surface area contributed by atoms with Gasteiger partial charge in [0.05, 0.1) is 0 Å². The highest BCUT2D eigenvalue weighted by molar-refractivity contribution is 5.98. The van der Waals surface area contributed by atoms with Crippen LogP contribution >= 0.6 is 0 Å². The molecule has 0 fully saturated rings. The van der Waals surface area contributed by atoms with Gasteiger partial charge in [0.25, 0.3) is 5.56 Å². The molecule has 0 atom stereocenters.